The van der Waals surface area contributed by atoms with Crippen molar-refractivity contribution in [3.05, 3.63) is 46.4 Å². The molecular formula is C11H11NO. The van der Waals surface area contributed by atoms with Gasteiger partial charge in [0.25, 0.3) is 5.56 Å². The van der Waals surface area contributed by atoms with Crippen molar-refractivity contribution in [2.75, 3.05) is 0 Å². The van der Waals surface area contributed by atoms with Gasteiger partial charge in [-0.05, 0) is 12.3 Å². The fourth-order valence-corrected chi connectivity index (χ4v) is 1.53. The lowest BCUT2D eigenvalue weighted by molar-refractivity contribution is 0.831. The van der Waals surface area contributed by atoms with Crippen LogP contribution in [0.5, 0.6) is 0 Å². The van der Waals surface area contributed by atoms with Crippen molar-refractivity contribution in [2.45, 2.75) is 6.92 Å². The number of pyridine rings is 1. The Labute approximate surface area is 76.4 Å². The van der Waals surface area contributed by atoms with Gasteiger partial charge < -0.3 is 4.57 Å². The topological polar surface area (TPSA) is 22.0 Å². The number of nitrogens with zero attached hydrogens (tertiary/aromatic N) is 1. The van der Waals surface area contributed by atoms with Crippen LogP contribution in [0.1, 0.15) is 5.69 Å². The Balaban J connectivity index is 3.02. The zero-order valence-corrected chi connectivity index (χ0v) is 7.74. The van der Waals surface area contributed by atoms with Crippen molar-refractivity contribution in [1.29, 1.82) is 0 Å². The van der Waals surface area contributed by atoms with Gasteiger partial charge in [0.15, 0.2) is 0 Å². The second-order valence-electron chi connectivity index (χ2n) is 3.21. The van der Waals surface area contributed by atoms with Crippen LogP contribution in [0, 0.1) is 6.92 Å². The molecule has 2 nitrogen and oxygen atoms in total. The number of hydrogen-bond donors (Lipinski definition) is 0. The van der Waals surface area contributed by atoms with Crippen molar-refractivity contribution in [1.82, 2.24) is 4.57 Å². The summed E-state index contributed by atoms with van der Waals surface area (Å²) in [5.74, 6) is 0. The number of aromatic nitrogens is 1. The lowest BCUT2D eigenvalue weighted by Gasteiger charge is -2.06. The van der Waals surface area contributed by atoms with Gasteiger partial charge in [-0.3, -0.25) is 4.79 Å². The first kappa shape index (κ1) is 8.05. The molecule has 0 fully saturated rings. The van der Waals surface area contributed by atoms with E-state index in [0.717, 1.165) is 16.5 Å². The molecule has 0 radical (unpaired) electrons. The van der Waals surface area contributed by atoms with Crippen LogP contribution in [0.15, 0.2) is 35.1 Å². The molecule has 13 heavy (non-hydrogen) atoms. The summed E-state index contributed by atoms with van der Waals surface area (Å²) in [6.45, 7) is 1.96. The quantitative estimate of drug-likeness (QED) is 0.596. The summed E-state index contributed by atoms with van der Waals surface area (Å²) in [6.07, 6.45) is 0. The number of benzene rings is 1. The molecule has 0 bridgehead atoms. The first-order valence-corrected chi connectivity index (χ1v) is 4.25. The molecule has 0 aliphatic carbocycles. The minimum absolute atomic E-state index is 0.0520. The van der Waals surface area contributed by atoms with Gasteiger partial charge >= 0.3 is 0 Å². The number of rotatable bonds is 0. The smallest absolute Gasteiger partial charge is 0.251 e. The van der Waals surface area contributed by atoms with Gasteiger partial charge in [0.1, 0.15) is 0 Å². The van der Waals surface area contributed by atoms with Gasteiger partial charge in [-0.1, -0.05) is 24.3 Å². The van der Waals surface area contributed by atoms with Crippen LogP contribution >= 0.6 is 0 Å². The second kappa shape index (κ2) is 2.73. The van der Waals surface area contributed by atoms with Crippen molar-refractivity contribution in [3.63, 3.8) is 0 Å². The predicted molar refractivity (Wildman–Crippen MR) is 53.9 cm³/mol. The van der Waals surface area contributed by atoms with E-state index in [9.17, 15) is 4.79 Å². The molecule has 0 saturated heterocycles. The van der Waals surface area contributed by atoms with E-state index in [0.29, 0.717) is 0 Å². The maximum absolute atomic E-state index is 11.4. The largest absolute Gasteiger partial charge is 0.315 e. The summed E-state index contributed by atoms with van der Waals surface area (Å²) < 4.78 is 1.67. The summed E-state index contributed by atoms with van der Waals surface area (Å²) in [7, 11) is 1.80. The summed E-state index contributed by atoms with van der Waals surface area (Å²) in [5.41, 5.74) is 1.07. The Bertz CT molecular complexity index is 511. The van der Waals surface area contributed by atoms with Crippen molar-refractivity contribution in [2.24, 2.45) is 7.05 Å². The Morgan fingerprint density at radius 3 is 2.69 bits per heavy atom. The van der Waals surface area contributed by atoms with Crippen LogP contribution in [0.2, 0.25) is 0 Å². The van der Waals surface area contributed by atoms with Gasteiger partial charge in [-0.25, -0.2) is 0 Å². The third kappa shape index (κ3) is 1.15. The zero-order chi connectivity index (χ0) is 9.42. The van der Waals surface area contributed by atoms with E-state index in [4.69, 9.17) is 0 Å². The van der Waals surface area contributed by atoms with Crippen LogP contribution in [-0.4, -0.2) is 4.57 Å². The van der Waals surface area contributed by atoms with E-state index in [1.54, 1.807) is 17.7 Å². The summed E-state index contributed by atoms with van der Waals surface area (Å²) in [4.78, 5) is 11.4. The fourth-order valence-electron chi connectivity index (χ4n) is 1.53. The molecule has 1 aromatic carbocycles. The molecule has 0 unspecified atom stereocenters. The first-order valence-electron chi connectivity index (χ1n) is 4.25. The van der Waals surface area contributed by atoms with E-state index >= 15 is 0 Å². The van der Waals surface area contributed by atoms with Gasteiger partial charge in [0.05, 0.1) is 0 Å². The third-order valence-electron chi connectivity index (χ3n) is 2.46. The molecule has 2 aromatic rings. The maximum Gasteiger partial charge on any atom is 0.251 e. The van der Waals surface area contributed by atoms with Crippen molar-refractivity contribution >= 4 is 10.8 Å². The van der Waals surface area contributed by atoms with Crippen LogP contribution < -0.4 is 5.56 Å². The van der Waals surface area contributed by atoms with Crippen molar-refractivity contribution < 1.29 is 0 Å². The fraction of sp³-hybridized carbons (Fsp3) is 0.182. The Morgan fingerprint density at radius 1 is 1.23 bits per heavy atom. The zero-order valence-electron chi connectivity index (χ0n) is 7.74. The average molecular weight is 173 g/mol. The number of hydrogen-bond acceptors (Lipinski definition) is 1. The minimum atomic E-state index is 0.0520. The molecular weight excluding hydrogens is 162 g/mol. The molecule has 0 saturated carbocycles. The minimum Gasteiger partial charge on any atom is -0.315 e. The average Bonchev–Trinajstić information content (AvgIpc) is 2.15. The standard InChI is InChI=1S/C11H11NO/c1-8-10-6-4-3-5-9(10)7-11(13)12(8)2/h3-7H,1-2H3. The van der Waals surface area contributed by atoms with E-state index in [1.807, 2.05) is 31.2 Å². The number of fused-ring (bicyclic) bond motifs is 1. The summed E-state index contributed by atoms with van der Waals surface area (Å²) >= 11 is 0. The van der Waals surface area contributed by atoms with Crippen LogP contribution in [0.3, 0.4) is 0 Å². The molecule has 0 N–H and O–H groups in total. The highest BCUT2D eigenvalue weighted by Gasteiger charge is 2.00. The Morgan fingerprint density at radius 2 is 1.92 bits per heavy atom. The summed E-state index contributed by atoms with van der Waals surface area (Å²) in [5, 5.41) is 2.16. The van der Waals surface area contributed by atoms with Crippen LogP contribution in [-0.2, 0) is 7.05 Å². The first-order chi connectivity index (χ1) is 6.20. The Kier molecular flexibility index (Phi) is 1.69. The normalized spacial score (nSPS) is 10.6. The SMILES string of the molecule is Cc1c2ccccc2cc(=O)n1C. The molecule has 2 rings (SSSR count). The predicted octanol–water partition coefficient (Wildman–Crippen LogP) is 1.85. The van der Waals surface area contributed by atoms with Gasteiger partial charge in [0, 0.05) is 24.2 Å². The van der Waals surface area contributed by atoms with Crippen LogP contribution in [0.4, 0.5) is 0 Å². The highest BCUT2D eigenvalue weighted by Crippen LogP contribution is 2.14. The monoisotopic (exact) mass is 173 g/mol. The maximum atomic E-state index is 11.4. The molecule has 0 aliphatic heterocycles. The van der Waals surface area contributed by atoms with Gasteiger partial charge in [0.2, 0.25) is 0 Å². The molecule has 1 heterocycles. The second-order valence-corrected chi connectivity index (χ2v) is 3.21. The van der Waals surface area contributed by atoms with Crippen LogP contribution in [0.25, 0.3) is 10.8 Å². The van der Waals surface area contributed by atoms with Gasteiger partial charge in [-0.15, -0.1) is 0 Å². The number of aryl methyl sites for hydroxylation is 1. The molecule has 0 atom stereocenters. The molecule has 0 spiro atoms. The highest BCUT2D eigenvalue weighted by atomic mass is 16.1. The Hall–Kier alpha value is -1.57. The van der Waals surface area contributed by atoms with E-state index in [1.165, 1.54) is 0 Å². The summed E-state index contributed by atoms with van der Waals surface area (Å²) in [6, 6.07) is 9.59. The lowest BCUT2D eigenvalue weighted by atomic mass is 10.1. The molecule has 66 valence electrons. The van der Waals surface area contributed by atoms with Gasteiger partial charge in [-0.2, -0.15) is 0 Å². The van der Waals surface area contributed by atoms with E-state index < -0.39 is 0 Å². The van der Waals surface area contributed by atoms with E-state index in [-0.39, 0.29) is 5.56 Å². The third-order valence-corrected chi connectivity index (χ3v) is 2.46. The van der Waals surface area contributed by atoms with Crippen molar-refractivity contribution in [3.8, 4) is 0 Å². The lowest BCUT2D eigenvalue weighted by Crippen LogP contribution is -2.17. The van der Waals surface area contributed by atoms with E-state index in [2.05, 4.69) is 0 Å². The molecule has 0 aliphatic rings. The highest BCUT2D eigenvalue weighted by molar-refractivity contribution is 5.84. The molecule has 0 amide bonds. The molecule has 1 aromatic heterocycles. The molecule has 2 heteroatoms.